The average molecular weight is 295 g/mol. The second kappa shape index (κ2) is 4.07. The molecule has 2 unspecified atom stereocenters. The van der Waals surface area contributed by atoms with Crippen molar-refractivity contribution in [3.8, 4) is 0 Å². The topological polar surface area (TPSA) is 45.5 Å². The largest absolute Gasteiger partial charge is 0.467 e. The van der Waals surface area contributed by atoms with Crippen molar-refractivity contribution in [1.29, 1.82) is 0 Å². The van der Waals surface area contributed by atoms with Crippen LogP contribution in [-0.4, -0.2) is 32.7 Å². The van der Waals surface area contributed by atoms with E-state index >= 15 is 0 Å². The minimum atomic E-state index is -1.44. The van der Waals surface area contributed by atoms with Crippen LogP contribution in [0, 0.1) is 0 Å². The zero-order chi connectivity index (χ0) is 13.8. The van der Waals surface area contributed by atoms with Crippen molar-refractivity contribution < 1.29 is 9.21 Å². The minimum absolute atomic E-state index is 0.0111. The van der Waals surface area contributed by atoms with Gasteiger partial charge in [-0.15, -0.1) is 0 Å². The first-order chi connectivity index (χ1) is 8.83. The molecule has 1 amide bonds. The number of carbonyl (C=O) groups is 1. The van der Waals surface area contributed by atoms with Crippen LogP contribution in [0.5, 0.6) is 0 Å². The number of carbonyl (C=O) groups excluding carboxylic acids is 1. The van der Waals surface area contributed by atoms with Gasteiger partial charge in [-0.2, -0.15) is 0 Å². The molecule has 2 aliphatic rings. The zero-order valence-electron chi connectivity index (χ0n) is 12.1. The molecule has 2 fully saturated rings. The highest BCUT2D eigenvalue weighted by Gasteiger charge is 2.58. The summed E-state index contributed by atoms with van der Waals surface area (Å²) in [6.45, 7) is 9.61. The Kier molecular flexibility index (Phi) is 2.81. The van der Waals surface area contributed by atoms with Gasteiger partial charge in [-0.3, -0.25) is 4.79 Å². The Bertz CT molecular complexity index is 483. The van der Waals surface area contributed by atoms with Gasteiger partial charge in [0.2, 0.25) is 5.91 Å². The van der Waals surface area contributed by atoms with Crippen LogP contribution < -0.4 is 5.32 Å². The molecule has 0 bridgehead atoms. The van der Waals surface area contributed by atoms with Gasteiger partial charge in [0.1, 0.15) is 34.3 Å². The summed E-state index contributed by atoms with van der Waals surface area (Å²) in [6.07, 6.45) is 1.69. The Morgan fingerprint density at radius 2 is 1.89 bits per heavy atom. The lowest BCUT2D eigenvalue weighted by atomic mass is 9.98. The maximum absolute atomic E-state index is 12.1. The van der Waals surface area contributed by atoms with Crippen molar-refractivity contribution >= 4 is 22.4 Å². The molecule has 2 aliphatic heterocycles. The van der Waals surface area contributed by atoms with E-state index < -0.39 is 16.5 Å². The lowest BCUT2D eigenvalue weighted by Gasteiger charge is -2.51. The first kappa shape index (κ1) is 13.1. The highest BCUT2D eigenvalue weighted by molar-refractivity contribution is 6.95. The fraction of sp³-hybridized carbons (Fsp3) is 0.615. The molecule has 4 nitrogen and oxygen atoms in total. The number of furan rings is 1. The second-order valence-electron chi connectivity index (χ2n) is 6.94. The van der Waals surface area contributed by atoms with Crippen molar-refractivity contribution in [3.63, 3.8) is 0 Å². The summed E-state index contributed by atoms with van der Waals surface area (Å²) in [5.74, 6) is 1.08. The van der Waals surface area contributed by atoms with Crippen molar-refractivity contribution in [3.05, 3.63) is 24.2 Å². The number of nitrogens with one attached hydrogen (secondary N) is 1. The molecule has 1 aromatic rings. The standard InChI is InChI=1S/C13H22N2O2Si2/c1-18(2)8-9-19(3,4)15(18)12-11(14-13(12)16)10-6-5-7-17-10/h5-7,11-12H,8-9H2,1-4H3,(H,14,16). The van der Waals surface area contributed by atoms with Gasteiger partial charge in [0.25, 0.3) is 0 Å². The molecule has 0 radical (unpaired) electrons. The third kappa shape index (κ3) is 1.93. The quantitative estimate of drug-likeness (QED) is 0.673. The van der Waals surface area contributed by atoms with Crippen molar-refractivity contribution in [1.82, 2.24) is 9.55 Å². The number of hydrogen-bond donors (Lipinski definition) is 1. The Hall–Kier alpha value is -0.856. The van der Waals surface area contributed by atoms with E-state index in [0.29, 0.717) is 0 Å². The maximum Gasteiger partial charge on any atom is 0.239 e. The third-order valence-corrected chi connectivity index (χ3v) is 14.9. The summed E-state index contributed by atoms with van der Waals surface area (Å²) in [5, 5.41) is 3.02. The van der Waals surface area contributed by atoms with E-state index in [1.165, 1.54) is 12.1 Å². The third-order valence-electron chi connectivity index (χ3n) is 4.66. The van der Waals surface area contributed by atoms with Gasteiger partial charge in [-0.05, 0) is 24.2 Å². The van der Waals surface area contributed by atoms with Crippen molar-refractivity contribution in [2.45, 2.75) is 50.4 Å². The fourth-order valence-electron chi connectivity index (χ4n) is 3.76. The van der Waals surface area contributed by atoms with Crippen molar-refractivity contribution in [2.75, 3.05) is 0 Å². The SMILES string of the molecule is C[Si]1(C)CC[Si](C)(C)N1C1C(=O)NC1c1ccco1. The van der Waals surface area contributed by atoms with Crippen LogP contribution in [0.25, 0.3) is 0 Å². The van der Waals surface area contributed by atoms with E-state index in [0.717, 1.165) is 5.76 Å². The summed E-state index contributed by atoms with van der Waals surface area (Å²) in [6, 6.07) is 6.57. The Labute approximate surface area is 116 Å². The number of hydrogen-bond acceptors (Lipinski definition) is 3. The van der Waals surface area contributed by atoms with Gasteiger partial charge in [0.15, 0.2) is 0 Å². The number of β-lactam (4-membered cyclic amide) rings is 1. The van der Waals surface area contributed by atoms with E-state index in [1.807, 2.05) is 12.1 Å². The van der Waals surface area contributed by atoms with Gasteiger partial charge in [-0.1, -0.05) is 26.2 Å². The predicted octanol–water partition coefficient (Wildman–Crippen LogP) is 2.54. The van der Waals surface area contributed by atoms with Crippen LogP contribution in [0.3, 0.4) is 0 Å². The van der Waals surface area contributed by atoms with Crippen LogP contribution in [0.15, 0.2) is 22.8 Å². The molecule has 0 spiro atoms. The summed E-state index contributed by atoms with van der Waals surface area (Å²) in [4.78, 5) is 12.1. The first-order valence-corrected chi connectivity index (χ1v) is 13.3. The molecule has 1 aromatic heterocycles. The lowest BCUT2D eigenvalue weighted by Crippen LogP contribution is -2.72. The van der Waals surface area contributed by atoms with E-state index in [-0.39, 0.29) is 18.0 Å². The summed E-state index contributed by atoms with van der Waals surface area (Å²) < 4.78 is 8.16. The fourth-order valence-corrected chi connectivity index (χ4v) is 18.4. The summed E-state index contributed by atoms with van der Waals surface area (Å²) in [5.41, 5.74) is 0. The highest BCUT2D eigenvalue weighted by atomic mass is 28.4. The van der Waals surface area contributed by atoms with Gasteiger partial charge in [0.05, 0.1) is 6.26 Å². The number of nitrogens with zero attached hydrogens (tertiary/aromatic N) is 1. The van der Waals surface area contributed by atoms with Gasteiger partial charge in [0, 0.05) is 0 Å². The smallest absolute Gasteiger partial charge is 0.239 e. The van der Waals surface area contributed by atoms with Gasteiger partial charge in [-0.25, -0.2) is 0 Å². The predicted molar refractivity (Wildman–Crippen MR) is 79.8 cm³/mol. The molecule has 0 aromatic carbocycles. The lowest BCUT2D eigenvalue weighted by molar-refractivity contribution is -0.134. The molecule has 3 heterocycles. The Balaban J connectivity index is 1.93. The van der Waals surface area contributed by atoms with E-state index in [9.17, 15) is 4.79 Å². The Morgan fingerprint density at radius 3 is 2.37 bits per heavy atom. The molecule has 104 valence electrons. The second-order valence-corrected chi connectivity index (χ2v) is 16.6. The van der Waals surface area contributed by atoms with Crippen LogP contribution in [0.2, 0.25) is 38.3 Å². The number of amides is 1. The Morgan fingerprint density at radius 1 is 1.26 bits per heavy atom. The highest BCUT2D eigenvalue weighted by Crippen LogP contribution is 2.43. The molecule has 2 atom stereocenters. The van der Waals surface area contributed by atoms with E-state index in [1.54, 1.807) is 6.26 Å². The molecule has 19 heavy (non-hydrogen) atoms. The summed E-state index contributed by atoms with van der Waals surface area (Å²) >= 11 is 0. The molecular formula is C13H22N2O2Si2. The van der Waals surface area contributed by atoms with Crippen LogP contribution in [0.4, 0.5) is 0 Å². The van der Waals surface area contributed by atoms with Crippen molar-refractivity contribution in [2.24, 2.45) is 0 Å². The summed E-state index contributed by atoms with van der Waals surface area (Å²) in [7, 11) is -2.88. The molecule has 2 saturated heterocycles. The molecule has 0 aliphatic carbocycles. The molecular weight excluding hydrogens is 272 g/mol. The monoisotopic (exact) mass is 294 g/mol. The normalized spacial score (nSPS) is 32.9. The van der Waals surface area contributed by atoms with E-state index in [2.05, 4.69) is 35.7 Å². The zero-order valence-corrected chi connectivity index (χ0v) is 14.1. The average Bonchev–Trinajstić information content (AvgIpc) is 2.89. The minimum Gasteiger partial charge on any atom is -0.467 e. The van der Waals surface area contributed by atoms with E-state index in [4.69, 9.17) is 4.42 Å². The van der Waals surface area contributed by atoms with Crippen LogP contribution in [0.1, 0.15) is 11.8 Å². The number of rotatable bonds is 2. The maximum atomic E-state index is 12.1. The molecule has 3 rings (SSSR count). The van der Waals surface area contributed by atoms with Gasteiger partial charge >= 0.3 is 0 Å². The van der Waals surface area contributed by atoms with Crippen LogP contribution in [-0.2, 0) is 4.79 Å². The van der Waals surface area contributed by atoms with Crippen LogP contribution >= 0.6 is 0 Å². The van der Waals surface area contributed by atoms with Gasteiger partial charge < -0.3 is 14.0 Å². The molecule has 6 heteroatoms. The molecule has 0 saturated carbocycles. The molecule has 1 N–H and O–H groups in total. The first-order valence-electron chi connectivity index (χ1n) is 6.96.